The largest absolute Gasteiger partial charge is 0.395 e. The minimum Gasteiger partial charge on any atom is -0.395 e. The van der Waals surface area contributed by atoms with Crippen molar-refractivity contribution in [3.8, 4) is 0 Å². The van der Waals surface area contributed by atoms with E-state index in [4.69, 9.17) is 5.84 Å². The van der Waals surface area contributed by atoms with E-state index in [1.54, 1.807) is 0 Å². The summed E-state index contributed by atoms with van der Waals surface area (Å²) in [5.74, 6) is 4.96. The SMILES string of the molecule is NNC(=O)c1sccc1CN1CCCCCC1CO. The molecule has 1 atom stereocenters. The van der Waals surface area contributed by atoms with Crippen LogP contribution in [0.3, 0.4) is 0 Å². The summed E-state index contributed by atoms with van der Waals surface area (Å²) >= 11 is 1.40. The van der Waals surface area contributed by atoms with Crippen molar-refractivity contribution in [3.05, 3.63) is 21.9 Å². The fourth-order valence-electron chi connectivity index (χ4n) is 2.60. The summed E-state index contributed by atoms with van der Waals surface area (Å²) in [5.41, 5.74) is 3.18. The van der Waals surface area contributed by atoms with Gasteiger partial charge in [-0.3, -0.25) is 15.1 Å². The van der Waals surface area contributed by atoms with Crippen molar-refractivity contribution in [2.24, 2.45) is 5.84 Å². The van der Waals surface area contributed by atoms with Gasteiger partial charge in [-0.15, -0.1) is 11.3 Å². The normalized spacial score (nSPS) is 21.1. The fraction of sp³-hybridized carbons (Fsp3) is 0.615. The van der Waals surface area contributed by atoms with Crippen molar-refractivity contribution in [1.82, 2.24) is 10.3 Å². The van der Waals surface area contributed by atoms with Crippen LogP contribution in [0.25, 0.3) is 0 Å². The lowest BCUT2D eigenvalue weighted by Gasteiger charge is -2.28. The predicted octanol–water partition coefficient (Wildman–Crippen LogP) is 1.09. The van der Waals surface area contributed by atoms with Crippen LogP contribution >= 0.6 is 11.3 Å². The number of thiophene rings is 1. The Balaban J connectivity index is 2.10. The minimum absolute atomic E-state index is 0.183. The number of likely N-dealkylation sites (tertiary alicyclic amines) is 1. The molecule has 0 aromatic carbocycles. The van der Waals surface area contributed by atoms with Gasteiger partial charge in [0.2, 0.25) is 0 Å². The summed E-state index contributed by atoms with van der Waals surface area (Å²) in [6.07, 6.45) is 4.56. The molecule has 1 amide bonds. The number of aliphatic hydroxyl groups excluding tert-OH is 1. The van der Waals surface area contributed by atoms with Crippen molar-refractivity contribution in [2.45, 2.75) is 38.3 Å². The highest BCUT2D eigenvalue weighted by Crippen LogP contribution is 2.23. The molecule has 0 aliphatic carbocycles. The van der Waals surface area contributed by atoms with Gasteiger partial charge >= 0.3 is 0 Å². The average Bonchev–Trinajstić information content (AvgIpc) is 2.77. The summed E-state index contributed by atoms with van der Waals surface area (Å²) in [4.78, 5) is 14.6. The molecule has 1 saturated heterocycles. The Morgan fingerprint density at radius 3 is 3.11 bits per heavy atom. The molecular formula is C13H21N3O2S. The van der Waals surface area contributed by atoms with Crippen molar-refractivity contribution in [1.29, 1.82) is 0 Å². The highest BCUT2D eigenvalue weighted by Gasteiger charge is 2.22. The molecular weight excluding hydrogens is 262 g/mol. The first-order valence-corrected chi connectivity index (χ1v) is 7.56. The summed E-state index contributed by atoms with van der Waals surface area (Å²) in [6.45, 7) is 1.87. The highest BCUT2D eigenvalue weighted by atomic mass is 32.1. The number of nitrogens with two attached hydrogens (primary N) is 1. The lowest BCUT2D eigenvalue weighted by molar-refractivity contribution is 0.0951. The Labute approximate surface area is 117 Å². The maximum Gasteiger partial charge on any atom is 0.275 e. The zero-order chi connectivity index (χ0) is 13.7. The number of nitrogens with zero attached hydrogens (tertiary/aromatic N) is 1. The van der Waals surface area contributed by atoms with Crippen LogP contribution in [0.2, 0.25) is 0 Å². The number of hydrazine groups is 1. The third-order valence-electron chi connectivity index (χ3n) is 3.67. The third-order valence-corrected chi connectivity index (χ3v) is 4.62. The Morgan fingerprint density at radius 2 is 2.37 bits per heavy atom. The molecule has 5 nitrogen and oxygen atoms in total. The lowest BCUT2D eigenvalue weighted by Crippen LogP contribution is -2.37. The van der Waals surface area contributed by atoms with Crippen molar-refractivity contribution < 1.29 is 9.90 Å². The zero-order valence-corrected chi connectivity index (χ0v) is 11.8. The van der Waals surface area contributed by atoms with Crippen molar-refractivity contribution in [3.63, 3.8) is 0 Å². The van der Waals surface area contributed by atoms with Gasteiger partial charge in [-0.1, -0.05) is 12.8 Å². The molecule has 1 fully saturated rings. The van der Waals surface area contributed by atoms with Gasteiger partial charge in [0.05, 0.1) is 11.5 Å². The molecule has 1 aliphatic heterocycles. The molecule has 0 radical (unpaired) electrons. The van der Waals surface area contributed by atoms with Crippen LogP contribution in [-0.2, 0) is 6.54 Å². The third kappa shape index (κ3) is 3.54. The lowest BCUT2D eigenvalue weighted by atomic mass is 10.1. The second-order valence-corrected chi connectivity index (χ2v) is 5.82. The van der Waals surface area contributed by atoms with Crippen LogP contribution in [0.1, 0.15) is 40.9 Å². The van der Waals surface area contributed by atoms with Crippen LogP contribution in [0.5, 0.6) is 0 Å². The molecule has 2 heterocycles. The number of aliphatic hydroxyl groups is 1. The second-order valence-electron chi connectivity index (χ2n) is 4.90. The van der Waals surface area contributed by atoms with Gasteiger partial charge in [0.1, 0.15) is 0 Å². The predicted molar refractivity (Wildman–Crippen MR) is 75.7 cm³/mol. The van der Waals surface area contributed by atoms with Crippen molar-refractivity contribution >= 4 is 17.2 Å². The number of nitrogen functional groups attached to an aromatic ring is 1. The first-order chi connectivity index (χ1) is 9.26. The van der Waals surface area contributed by atoms with Crippen LogP contribution in [0.15, 0.2) is 11.4 Å². The molecule has 0 bridgehead atoms. The molecule has 0 spiro atoms. The number of hydrogen-bond acceptors (Lipinski definition) is 5. The maximum absolute atomic E-state index is 11.7. The van der Waals surface area contributed by atoms with E-state index in [0.29, 0.717) is 11.4 Å². The van der Waals surface area contributed by atoms with Gasteiger partial charge in [0.15, 0.2) is 0 Å². The quantitative estimate of drug-likeness (QED) is 0.439. The smallest absolute Gasteiger partial charge is 0.275 e. The van der Waals surface area contributed by atoms with Gasteiger partial charge in [-0.05, 0) is 36.4 Å². The number of amides is 1. The molecule has 2 rings (SSSR count). The number of carbonyl (C=O) groups is 1. The molecule has 106 valence electrons. The van der Waals surface area contributed by atoms with E-state index in [0.717, 1.165) is 24.9 Å². The Hall–Kier alpha value is -0.950. The van der Waals surface area contributed by atoms with E-state index < -0.39 is 0 Å². The standard InChI is InChI=1S/C13H21N3O2S/c14-15-13(18)12-10(5-7-19-12)8-16-6-3-1-2-4-11(16)9-17/h5,7,11,17H,1-4,6,8-9,14H2,(H,15,18). The molecule has 0 saturated carbocycles. The second kappa shape index (κ2) is 7.00. The van der Waals surface area contributed by atoms with Gasteiger partial charge < -0.3 is 5.11 Å². The van der Waals surface area contributed by atoms with E-state index in [1.807, 2.05) is 11.4 Å². The molecule has 1 aromatic rings. The maximum atomic E-state index is 11.7. The Morgan fingerprint density at radius 1 is 1.53 bits per heavy atom. The van der Waals surface area contributed by atoms with Gasteiger partial charge in [0, 0.05) is 12.6 Å². The van der Waals surface area contributed by atoms with Crippen LogP contribution in [0.4, 0.5) is 0 Å². The van der Waals surface area contributed by atoms with E-state index in [-0.39, 0.29) is 18.6 Å². The summed E-state index contributed by atoms with van der Waals surface area (Å²) in [6, 6.07) is 2.17. The van der Waals surface area contributed by atoms with Crippen LogP contribution in [-0.4, -0.2) is 35.1 Å². The van der Waals surface area contributed by atoms with E-state index >= 15 is 0 Å². The first kappa shape index (κ1) is 14.5. The molecule has 6 heteroatoms. The van der Waals surface area contributed by atoms with E-state index in [9.17, 15) is 9.90 Å². The minimum atomic E-state index is -0.236. The van der Waals surface area contributed by atoms with E-state index in [1.165, 1.54) is 24.2 Å². The van der Waals surface area contributed by atoms with Gasteiger partial charge in [0.25, 0.3) is 5.91 Å². The molecule has 1 aromatic heterocycles. The molecule has 1 aliphatic rings. The molecule has 19 heavy (non-hydrogen) atoms. The van der Waals surface area contributed by atoms with Gasteiger partial charge in [-0.2, -0.15) is 0 Å². The summed E-state index contributed by atoms with van der Waals surface area (Å²) in [5, 5.41) is 11.4. The number of nitrogens with one attached hydrogen (secondary N) is 1. The van der Waals surface area contributed by atoms with Crippen molar-refractivity contribution in [2.75, 3.05) is 13.2 Å². The molecule has 4 N–H and O–H groups in total. The first-order valence-electron chi connectivity index (χ1n) is 6.68. The topological polar surface area (TPSA) is 78.6 Å². The number of hydrogen-bond donors (Lipinski definition) is 3. The van der Waals surface area contributed by atoms with Crippen LogP contribution < -0.4 is 11.3 Å². The Bertz CT molecular complexity index is 422. The summed E-state index contributed by atoms with van der Waals surface area (Å²) < 4.78 is 0. The average molecular weight is 283 g/mol. The Kier molecular flexibility index (Phi) is 5.33. The number of rotatable bonds is 4. The monoisotopic (exact) mass is 283 g/mol. The highest BCUT2D eigenvalue weighted by molar-refractivity contribution is 7.12. The molecule has 1 unspecified atom stereocenters. The summed E-state index contributed by atoms with van der Waals surface area (Å²) in [7, 11) is 0. The zero-order valence-electron chi connectivity index (χ0n) is 11.0. The number of carbonyl (C=O) groups excluding carboxylic acids is 1. The van der Waals surface area contributed by atoms with Gasteiger partial charge in [-0.25, -0.2) is 5.84 Å². The van der Waals surface area contributed by atoms with Crippen LogP contribution in [0, 0.1) is 0 Å². The van der Waals surface area contributed by atoms with E-state index in [2.05, 4.69) is 10.3 Å². The fourth-order valence-corrected chi connectivity index (χ4v) is 3.41.